The van der Waals surface area contributed by atoms with E-state index in [1.165, 1.54) is 0 Å². The van der Waals surface area contributed by atoms with Crippen LogP contribution < -0.4 is 9.64 Å². The average molecular weight is 390 g/mol. The van der Waals surface area contributed by atoms with Crippen LogP contribution in [0.1, 0.15) is 20.3 Å². The largest absolute Gasteiger partial charge is 0.424 e. The molecule has 0 spiro atoms. The van der Waals surface area contributed by atoms with Gasteiger partial charge in [-0.15, -0.1) is 0 Å². The summed E-state index contributed by atoms with van der Waals surface area (Å²) in [6, 6.07) is 5.29. The summed E-state index contributed by atoms with van der Waals surface area (Å²) in [7, 11) is 0. The molecule has 0 aromatic heterocycles. The fourth-order valence-corrected chi connectivity index (χ4v) is 3.18. The minimum Gasteiger partial charge on any atom is -0.424 e. The molecule has 1 aromatic carbocycles. The molecule has 0 heterocycles. The lowest BCUT2D eigenvalue weighted by Gasteiger charge is -2.24. The molecule has 4 nitrogen and oxygen atoms in total. The summed E-state index contributed by atoms with van der Waals surface area (Å²) in [4.78, 5) is 13.5. The summed E-state index contributed by atoms with van der Waals surface area (Å²) in [5.41, 5.74) is 0.937. The summed E-state index contributed by atoms with van der Waals surface area (Å²) in [6.45, 7) is 5.78. The molecule has 0 atom stereocenters. The van der Waals surface area contributed by atoms with Gasteiger partial charge in [-0.1, -0.05) is 0 Å². The molecule has 0 radical (unpaired) electrons. The minimum atomic E-state index is -0.559. The second kappa shape index (κ2) is 7.51. The van der Waals surface area contributed by atoms with Crippen LogP contribution in [-0.2, 0) is 4.79 Å². The van der Waals surface area contributed by atoms with E-state index in [0.717, 1.165) is 23.2 Å². The Labute approximate surface area is 129 Å². The molecule has 0 aliphatic carbocycles. The van der Waals surface area contributed by atoms with E-state index < -0.39 is 5.97 Å². The molecule has 0 aliphatic rings. The number of nitrogens with zero attached hydrogens (tertiary/aromatic N) is 2. The van der Waals surface area contributed by atoms with Crippen LogP contribution in [0.3, 0.4) is 0 Å². The van der Waals surface area contributed by atoms with E-state index >= 15 is 0 Å². The quantitative estimate of drug-likeness (QED) is 0.566. The van der Waals surface area contributed by atoms with Crippen LogP contribution in [0.5, 0.6) is 5.75 Å². The molecule has 1 aromatic rings. The first kappa shape index (κ1) is 16.0. The van der Waals surface area contributed by atoms with Crippen LogP contribution in [0.15, 0.2) is 21.1 Å². The van der Waals surface area contributed by atoms with Crippen LogP contribution in [0.2, 0.25) is 0 Å². The third-order valence-electron chi connectivity index (χ3n) is 2.56. The number of anilines is 1. The van der Waals surface area contributed by atoms with Crippen molar-refractivity contribution in [3.63, 3.8) is 0 Å². The number of rotatable bonds is 5. The van der Waals surface area contributed by atoms with E-state index in [4.69, 9.17) is 10.00 Å². The van der Waals surface area contributed by atoms with Crippen LogP contribution in [0, 0.1) is 11.3 Å². The van der Waals surface area contributed by atoms with Gasteiger partial charge in [0.1, 0.15) is 12.2 Å². The van der Waals surface area contributed by atoms with Crippen molar-refractivity contribution in [2.75, 3.05) is 18.0 Å². The van der Waals surface area contributed by atoms with Crippen LogP contribution in [0.4, 0.5) is 5.69 Å². The topological polar surface area (TPSA) is 53.3 Å². The van der Waals surface area contributed by atoms with Gasteiger partial charge in [-0.3, -0.25) is 4.79 Å². The number of carbonyl (C=O) groups is 1. The van der Waals surface area contributed by atoms with Crippen molar-refractivity contribution in [3.05, 3.63) is 21.1 Å². The van der Waals surface area contributed by atoms with Crippen molar-refractivity contribution in [1.29, 1.82) is 5.26 Å². The van der Waals surface area contributed by atoms with Crippen molar-refractivity contribution in [2.24, 2.45) is 0 Å². The fraction of sp³-hybridized carbons (Fsp3) is 0.385. The Morgan fingerprint density at radius 1 is 1.37 bits per heavy atom. The number of hydrogen-bond acceptors (Lipinski definition) is 4. The zero-order valence-electron chi connectivity index (χ0n) is 10.7. The lowest BCUT2D eigenvalue weighted by atomic mass is 10.2. The van der Waals surface area contributed by atoms with E-state index in [9.17, 15) is 4.79 Å². The van der Waals surface area contributed by atoms with Gasteiger partial charge in [0, 0.05) is 17.6 Å². The van der Waals surface area contributed by atoms with Gasteiger partial charge in [0.25, 0.3) is 0 Å². The van der Waals surface area contributed by atoms with E-state index in [1.807, 2.05) is 6.07 Å². The van der Waals surface area contributed by atoms with Crippen molar-refractivity contribution in [2.45, 2.75) is 20.3 Å². The summed E-state index contributed by atoms with van der Waals surface area (Å²) in [5.74, 6) is -0.138. The number of ether oxygens (including phenoxy) is 1. The van der Waals surface area contributed by atoms with Crippen LogP contribution in [-0.4, -0.2) is 19.1 Å². The molecule has 0 amide bonds. The van der Waals surface area contributed by atoms with Gasteiger partial charge in [0.2, 0.25) is 0 Å². The van der Waals surface area contributed by atoms with Crippen molar-refractivity contribution in [3.8, 4) is 11.8 Å². The maximum Gasteiger partial charge on any atom is 0.325 e. The predicted molar refractivity (Wildman–Crippen MR) is 81.3 cm³/mol. The van der Waals surface area contributed by atoms with E-state index in [-0.39, 0.29) is 6.42 Å². The molecular formula is C13H14Br2N2O2. The Morgan fingerprint density at radius 2 is 2.00 bits per heavy atom. The molecule has 0 saturated heterocycles. The van der Waals surface area contributed by atoms with Gasteiger partial charge in [-0.05, 0) is 57.8 Å². The highest BCUT2D eigenvalue weighted by molar-refractivity contribution is 9.11. The second-order valence-corrected chi connectivity index (χ2v) is 5.34. The average Bonchev–Trinajstić information content (AvgIpc) is 2.38. The number of halogens is 2. The monoisotopic (exact) mass is 388 g/mol. The first-order valence-electron chi connectivity index (χ1n) is 5.85. The van der Waals surface area contributed by atoms with Gasteiger partial charge in [-0.25, -0.2) is 0 Å². The molecule has 0 N–H and O–H groups in total. The summed E-state index contributed by atoms with van der Waals surface area (Å²) in [6.07, 6.45) is -0.261. The first-order valence-corrected chi connectivity index (χ1v) is 7.44. The fourth-order valence-electron chi connectivity index (χ4n) is 1.65. The zero-order valence-corrected chi connectivity index (χ0v) is 13.9. The number of hydrogen-bond donors (Lipinski definition) is 0. The SMILES string of the molecule is CCN(CC)c1c(Br)ccc(OC(=O)CC#N)c1Br. The molecule has 1 rings (SSSR count). The third-order valence-corrected chi connectivity index (χ3v) is 3.96. The predicted octanol–water partition coefficient (Wildman–Crippen LogP) is 3.88. The molecule has 0 bridgehead atoms. The third kappa shape index (κ3) is 3.95. The number of benzene rings is 1. The van der Waals surface area contributed by atoms with Gasteiger partial charge < -0.3 is 9.64 Å². The van der Waals surface area contributed by atoms with E-state index in [0.29, 0.717) is 10.2 Å². The Morgan fingerprint density at radius 3 is 2.53 bits per heavy atom. The standard InChI is InChI=1S/C13H14Br2N2O2/c1-3-17(4-2)13-9(14)5-6-10(12(13)15)19-11(18)7-8-16/h5-6H,3-4,7H2,1-2H3. The van der Waals surface area contributed by atoms with Crippen molar-refractivity contribution in [1.82, 2.24) is 0 Å². The molecule has 0 unspecified atom stereocenters. The number of esters is 1. The van der Waals surface area contributed by atoms with Crippen LogP contribution in [0.25, 0.3) is 0 Å². The summed E-state index contributed by atoms with van der Waals surface area (Å²) >= 11 is 6.96. The van der Waals surface area contributed by atoms with E-state index in [1.54, 1.807) is 12.1 Å². The lowest BCUT2D eigenvalue weighted by molar-refractivity contribution is -0.133. The van der Waals surface area contributed by atoms with Crippen molar-refractivity contribution >= 4 is 43.5 Å². The maximum absolute atomic E-state index is 11.4. The second-order valence-electron chi connectivity index (χ2n) is 3.69. The molecule has 0 fully saturated rings. The van der Waals surface area contributed by atoms with Gasteiger partial charge in [-0.2, -0.15) is 5.26 Å². The molecule has 19 heavy (non-hydrogen) atoms. The maximum atomic E-state index is 11.4. The van der Waals surface area contributed by atoms with Crippen molar-refractivity contribution < 1.29 is 9.53 Å². The normalized spacial score (nSPS) is 9.84. The molecule has 102 valence electrons. The Bertz CT molecular complexity index is 508. The molecule has 0 saturated carbocycles. The summed E-state index contributed by atoms with van der Waals surface area (Å²) < 4.78 is 6.79. The molecule has 0 aliphatic heterocycles. The smallest absolute Gasteiger partial charge is 0.325 e. The molecule has 6 heteroatoms. The lowest BCUT2D eigenvalue weighted by Crippen LogP contribution is -2.23. The first-order chi connectivity index (χ1) is 9.04. The highest BCUT2D eigenvalue weighted by Crippen LogP contribution is 2.40. The summed E-state index contributed by atoms with van der Waals surface area (Å²) in [5, 5.41) is 8.47. The van der Waals surface area contributed by atoms with Crippen LogP contribution >= 0.6 is 31.9 Å². The Kier molecular flexibility index (Phi) is 6.32. The number of nitriles is 1. The Hall–Kier alpha value is -1.06. The van der Waals surface area contributed by atoms with E-state index in [2.05, 4.69) is 50.6 Å². The van der Waals surface area contributed by atoms with Gasteiger partial charge in [0.15, 0.2) is 0 Å². The highest BCUT2D eigenvalue weighted by Gasteiger charge is 2.17. The Balaban J connectivity index is 3.13. The number of carbonyl (C=O) groups excluding carboxylic acids is 1. The zero-order chi connectivity index (χ0) is 14.4. The molecular weight excluding hydrogens is 376 g/mol. The van der Waals surface area contributed by atoms with Gasteiger partial charge >= 0.3 is 5.97 Å². The minimum absolute atomic E-state index is 0.261. The highest BCUT2D eigenvalue weighted by atomic mass is 79.9. The van der Waals surface area contributed by atoms with Gasteiger partial charge in [0.05, 0.1) is 16.2 Å².